The smallest absolute Gasteiger partial charge is 0.118 e. The lowest BCUT2D eigenvalue weighted by Crippen LogP contribution is -2.37. The zero-order valence-electron chi connectivity index (χ0n) is 19.3. The van der Waals surface area contributed by atoms with Crippen molar-refractivity contribution in [2.45, 2.75) is 109 Å². The van der Waals surface area contributed by atoms with Crippen LogP contribution in [0.1, 0.15) is 115 Å². The average Bonchev–Trinajstić information content (AvgIpc) is 2.71. The predicted octanol–water partition coefficient (Wildman–Crippen LogP) is 8.82. The Bertz CT molecular complexity index is 476. The molecular formula is C27H48N+. The summed E-state index contributed by atoms with van der Waals surface area (Å²) in [6.45, 7) is 6.36. The zero-order chi connectivity index (χ0) is 20.5. The fourth-order valence-electron chi connectivity index (χ4n) is 4.22. The van der Waals surface area contributed by atoms with E-state index >= 15 is 0 Å². The molecule has 0 aliphatic rings. The number of unbranched alkanes of at least 4 members (excludes halogenated alkanes) is 13. The molecule has 1 rings (SSSR count). The van der Waals surface area contributed by atoms with E-state index < -0.39 is 0 Å². The summed E-state index contributed by atoms with van der Waals surface area (Å²) in [7, 11) is 4.54. The monoisotopic (exact) mass is 386 g/mol. The van der Waals surface area contributed by atoms with E-state index in [2.05, 4.69) is 64.1 Å². The van der Waals surface area contributed by atoms with Gasteiger partial charge in [-0.1, -0.05) is 121 Å². The Hall–Kier alpha value is -1.08. The van der Waals surface area contributed by atoms with Gasteiger partial charge in [0.1, 0.15) is 6.04 Å². The van der Waals surface area contributed by atoms with E-state index in [0.29, 0.717) is 6.04 Å². The van der Waals surface area contributed by atoms with E-state index in [1.807, 2.05) is 0 Å². The van der Waals surface area contributed by atoms with Gasteiger partial charge in [0, 0.05) is 12.0 Å². The van der Waals surface area contributed by atoms with Gasteiger partial charge in [-0.15, -0.1) is 0 Å². The topological polar surface area (TPSA) is 0 Å². The minimum absolute atomic E-state index is 0.524. The van der Waals surface area contributed by atoms with E-state index in [9.17, 15) is 0 Å². The molecule has 28 heavy (non-hydrogen) atoms. The van der Waals surface area contributed by atoms with E-state index in [0.717, 1.165) is 4.48 Å². The molecule has 160 valence electrons. The van der Waals surface area contributed by atoms with Crippen LogP contribution in [0.2, 0.25) is 0 Å². The number of nitrogens with zero attached hydrogens (tertiary/aromatic N) is 1. The van der Waals surface area contributed by atoms with Crippen molar-refractivity contribution in [2.75, 3.05) is 14.1 Å². The molecule has 1 aromatic carbocycles. The summed E-state index contributed by atoms with van der Waals surface area (Å²) in [6, 6.07) is 11.5. The predicted molar refractivity (Wildman–Crippen MR) is 126 cm³/mol. The van der Waals surface area contributed by atoms with E-state index in [-0.39, 0.29) is 0 Å². The van der Waals surface area contributed by atoms with Crippen LogP contribution >= 0.6 is 0 Å². The van der Waals surface area contributed by atoms with Gasteiger partial charge < -0.3 is 0 Å². The molecular weight excluding hydrogens is 338 g/mol. The molecule has 0 amide bonds. The van der Waals surface area contributed by atoms with Crippen LogP contribution in [0.15, 0.2) is 43.1 Å². The minimum Gasteiger partial charge on any atom is -0.296 e. The average molecular weight is 387 g/mol. The van der Waals surface area contributed by atoms with Gasteiger partial charge in [0.2, 0.25) is 0 Å². The number of benzene rings is 1. The van der Waals surface area contributed by atoms with Crippen LogP contribution < -0.4 is 0 Å². The summed E-state index contributed by atoms with van der Waals surface area (Å²) in [5.74, 6) is 0. The maximum Gasteiger partial charge on any atom is 0.118 e. The first-order valence-corrected chi connectivity index (χ1v) is 12.1. The fourth-order valence-corrected chi connectivity index (χ4v) is 4.22. The molecule has 0 aliphatic carbocycles. The molecule has 0 fully saturated rings. The minimum atomic E-state index is 0.524. The van der Waals surface area contributed by atoms with Crippen molar-refractivity contribution >= 4 is 0 Å². The third-order valence-corrected chi connectivity index (χ3v) is 6.29. The van der Waals surface area contributed by atoms with Crippen LogP contribution in [0.25, 0.3) is 0 Å². The summed E-state index contributed by atoms with van der Waals surface area (Å²) in [5.41, 5.74) is 1.45. The Labute approximate surface area is 176 Å². The molecule has 0 saturated carbocycles. The third-order valence-electron chi connectivity index (χ3n) is 6.29. The molecule has 1 unspecified atom stereocenters. The van der Waals surface area contributed by atoms with Crippen LogP contribution in [0.4, 0.5) is 0 Å². The molecule has 0 bridgehead atoms. The lowest BCUT2D eigenvalue weighted by atomic mass is 9.97. The maximum atomic E-state index is 4.07. The molecule has 0 heterocycles. The first-order valence-electron chi connectivity index (χ1n) is 12.1. The Balaban J connectivity index is 2.07. The summed E-state index contributed by atoms with van der Waals surface area (Å²) >= 11 is 0. The van der Waals surface area contributed by atoms with Gasteiger partial charge in [0.25, 0.3) is 0 Å². The molecule has 1 nitrogen and oxygen atoms in total. The molecule has 0 aliphatic heterocycles. The first kappa shape index (κ1) is 25.0. The second kappa shape index (κ2) is 15.8. The summed E-state index contributed by atoms with van der Waals surface area (Å²) < 4.78 is 0.864. The van der Waals surface area contributed by atoms with Crippen molar-refractivity contribution in [1.29, 1.82) is 0 Å². The molecule has 0 saturated heterocycles. The highest BCUT2D eigenvalue weighted by Crippen LogP contribution is 2.30. The number of quaternary nitrogens is 1. The quantitative estimate of drug-likeness (QED) is 0.175. The van der Waals surface area contributed by atoms with Gasteiger partial charge in [0.15, 0.2) is 0 Å². The standard InChI is InChI=1S/C27H48N/c1-5-7-8-9-10-11-12-13-14-15-16-17-18-22-25-27(28(3,4)6-2)26-23-20-19-21-24-26/h6,19-21,23-24,27H,2,5,7-18,22,25H2,1,3-4H3/q+1. The van der Waals surface area contributed by atoms with Gasteiger partial charge in [-0.3, -0.25) is 4.48 Å². The summed E-state index contributed by atoms with van der Waals surface area (Å²) in [4.78, 5) is 0. The molecule has 1 heteroatoms. The van der Waals surface area contributed by atoms with Crippen LogP contribution in [0.5, 0.6) is 0 Å². The van der Waals surface area contributed by atoms with Crippen molar-refractivity contribution in [3.63, 3.8) is 0 Å². The van der Waals surface area contributed by atoms with Gasteiger partial charge >= 0.3 is 0 Å². The maximum absolute atomic E-state index is 4.07. The van der Waals surface area contributed by atoms with E-state index in [1.54, 1.807) is 0 Å². The van der Waals surface area contributed by atoms with Crippen LogP contribution in [-0.4, -0.2) is 18.6 Å². The molecule has 0 aromatic heterocycles. The highest BCUT2D eigenvalue weighted by molar-refractivity contribution is 5.17. The van der Waals surface area contributed by atoms with Gasteiger partial charge in [-0.2, -0.15) is 0 Å². The zero-order valence-corrected chi connectivity index (χ0v) is 19.3. The lowest BCUT2D eigenvalue weighted by molar-refractivity contribution is -0.872. The third kappa shape index (κ3) is 11.1. The molecule has 1 atom stereocenters. The Kier molecular flexibility index (Phi) is 14.1. The summed E-state index contributed by atoms with van der Waals surface area (Å²) in [6.07, 6.45) is 23.3. The normalized spacial score (nSPS) is 12.8. The van der Waals surface area contributed by atoms with Crippen LogP contribution in [-0.2, 0) is 0 Å². The molecule has 0 spiro atoms. The van der Waals surface area contributed by atoms with Gasteiger partial charge in [0.05, 0.1) is 20.3 Å². The number of rotatable bonds is 18. The molecule has 1 aromatic rings. The first-order chi connectivity index (χ1) is 13.6. The van der Waals surface area contributed by atoms with Crippen LogP contribution in [0, 0.1) is 0 Å². The molecule has 0 radical (unpaired) electrons. The second-order valence-corrected chi connectivity index (χ2v) is 9.12. The van der Waals surface area contributed by atoms with Crippen LogP contribution in [0.3, 0.4) is 0 Å². The Morgan fingerprint density at radius 3 is 1.57 bits per heavy atom. The molecule has 0 N–H and O–H groups in total. The van der Waals surface area contributed by atoms with Gasteiger partial charge in [-0.25, -0.2) is 0 Å². The second-order valence-electron chi connectivity index (χ2n) is 9.12. The van der Waals surface area contributed by atoms with Crippen molar-refractivity contribution < 1.29 is 4.48 Å². The number of hydrogen-bond donors (Lipinski definition) is 0. The van der Waals surface area contributed by atoms with Crippen molar-refractivity contribution in [2.24, 2.45) is 0 Å². The van der Waals surface area contributed by atoms with E-state index in [1.165, 1.54) is 102 Å². The fraction of sp³-hybridized carbons (Fsp3) is 0.704. The van der Waals surface area contributed by atoms with Crippen molar-refractivity contribution in [1.82, 2.24) is 0 Å². The highest BCUT2D eigenvalue weighted by atomic mass is 15.3. The van der Waals surface area contributed by atoms with E-state index in [4.69, 9.17) is 0 Å². The van der Waals surface area contributed by atoms with Crippen molar-refractivity contribution in [3.05, 3.63) is 48.7 Å². The number of hydrogen-bond acceptors (Lipinski definition) is 0. The SMILES string of the molecule is C=C[N+](C)(C)C(CCCCCCCCCCCCCCCC)c1ccccc1. The lowest BCUT2D eigenvalue weighted by Gasteiger charge is -2.35. The largest absolute Gasteiger partial charge is 0.296 e. The Morgan fingerprint density at radius 2 is 1.14 bits per heavy atom. The van der Waals surface area contributed by atoms with Crippen molar-refractivity contribution in [3.8, 4) is 0 Å². The van der Waals surface area contributed by atoms with Gasteiger partial charge in [-0.05, 0) is 13.0 Å². The summed E-state index contributed by atoms with van der Waals surface area (Å²) in [5, 5.41) is 0. The Morgan fingerprint density at radius 1 is 0.714 bits per heavy atom. The highest BCUT2D eigenvalue weighted by Gasteiger charge is 2.26.